The lowest BCUT2D eigenvalue weighted by Crippen LogP contribution is -2.29. The van der Waals surface area contributed by atoms with Gasteiger partial charge in [-0.05, 0) is 47.6 Å². The number of ether oxygens (including phenoxy) is 1. The molecule has 1 atom stereocenters. The number of methoxy groups -OCH3 is 1. The van der Waals surface area contributed by atoms with Crippen molar-refractivity contribution in [3.05, 3.63) is 53.1 Å². The first kappa shape index (κ1) is 21.9. The molecule has 2 amide bonds. The van der Waals surface area contributed by atoms with Crippen molar-refractivity contribution in [2.75, 3.05) is 23.9 Å². The van der Waals surface area contributed by atoms with Crippen LogP contribution < -0.4 is 15.0 Å². The monoisotopic (exact) mass is 408 g/mol. The quantitative estimate of drug-likeness (QED) is 0.711. The molecule has 0 spiro atoms. The molecule has 1 aliphatic heterocycles. The minimum atomic E-state index is -0.400. The molecule has 1 N–H and O–H groups in total. The third kappa shape index (κ3) is 4.35. The highest BCUT2D eigenvalue weighted by molar-refractivity contribution is 6.04. The number of carbonyl (C=O) groups is 2. The van der Waals surface area contributed by atoms with Crippen LogP contribution in [0.3, 0.4) is 0 Å². The van der Waals surface area contributed by atoms with Gasteiger partial charge in [0.1, 0.15) is 5.75 Å². The molecule has 0 unspecified atom stereocenters. The molecule has 30 heavy (non-hydrogen) atoms. The molecule has 3 rings (SSSR count). The second-order valence-corrected chi connectivity index (χ2v) is 8.69. The Morgan fingerprint density at radius 1 is 1.10 bits per heavy atom. The van der Waals surface area contributed by atoms with Crippen LogP contribution in [0.1, 0.15) is 62.6 Å². The standard InChI is InChI=1S/C25H32N2O3/c1-15(2)19-8-7-9-20(16(3)4)24(19)26-25(29)18-13-23(28)27(14-18)21-12-17(5)10-11-22(21)30-6/h7-12,15-16,18H,13-14H2,1-6H3,(H,26,29)/t18-/m0/s1. The Balaban J connectivity index is 1.85. The summed E-state index contributed by atoms with van der Waals surface area (Å²) < 4.78 is 5.44. The van der Waals surface area contributed by atoms with E-state index in [1.807, 2.05) is 31.2 Å². The topological polar surface area (TPSA) is 58.6 Å². The molecule has 1 aliphatic rings. The molecule has 2 aromatic rings. The van der Waals surface area contributed by atoms with Crippen LogP contribution in [0.4, 0.5) is 11.4 Å². The molecular formula is C25H32N2O3. The Bertz CT molecular complexity index is 923. The zero-order chi connectivity index (χ0) is 22.0. The van der Waals surface area contributed by atoms with Crippen LogP contribution in [-0.4, -0.2) is 25.5 Å². The van der Waals surface area contributed by atoms with E-state index in [4.69, 9.17) is 4.74 Å². The molecule has 0 bridgehead atoms. The van der Waals surface area contributed by atoms with E-state index in [0.717, 1.165) is 28.1 Å². The van der Waals surface area contributed by atoms with E-state index in [-0.39, 0.29) is 30.1 Å². The molecular weight excluding hydrogens is 376 g/mol. The van der Waals surface area contributed by atoms with Gasteiger partial charge in [0.25, 0.3) is 0 Å². The second-order valence-electron chi connectivity index (χ2n) is 8.69. The van der Waals surface area contributed by atoms with E-state index in [2.05, 4.69) is 45.1 Å². The fraction of sp³-hybridized carbons (Fsp3) is 0.440. The maximum absolute atomic E-state index is 13.2. The second kappa shape index (κ2) is 8.90. The molecule has 1 heterocycles. The predicted octanol–water partition coefficient (Wildman–Crippen LogP) is 5.24. The van der Waals surface area contributed by atoms with Crippen molar-refractivity contribution in [2.24, 2.45) is 5.92 Å². The van der Waals surface area contributed by atoms with Gasteiger partial charge in [0, 0.05) is 18.7 Å². The summed E-state index contributed by atoms with van der Waals surface area (Å²) in [5.41, 5.74) is 4.90. The third-order valence-corrected chi connectivity index (χ3v) is 5.74. The van der Waals surface area contributed by atoms with Crippen LogP contribution >= 0.6 is 0 Å². The van der Waals surface area contributed by atoms with Gasteiger partial charge in [-0.1, -0.05) is 52.0 Å². The van der Waals surface area contributed by atoms with Crippen LogP contribution in [0.5, 0.6) is 5.75 Å². The molecule has 160 valence electrons. The van der Waals surface area contributed by atoms with Gasteiger partial charge in [-0.2, -0.15) is 0 Å². The number of benzene rings is 2. The van der Waals surface area contributed by atoms with Crippen molar-refractivity contribution < 1.29 is 14.3 Å². The molecule has 0 aliphatic carbocycles. The zero-order valence-corrected chi connectivity index (χ0v) is 18.8. The van der Waals surface area contributed by atoms with E-state index in [9.17, 15) is 9.59 Å². The summed E-state index contributed by atoms with van der Waals surface area (Å²) in [6.45, 7) is 10.8. The maximum atomic E-state index is 13.2. The van der Waals surface area contributed by atoms with Gasteiger partial charge in [0.15, 0.2) is 0 Å². The SMILES string of the molecule is COc1ccc(C)cc1N1C[C@@H](C(=O)Nc2c(C(C)C)cccc2C(C)C)CC1=O. The Hall–Kier alpha value is -2.82. The minimum Gasteiger partial charge on any atom is -0.495 e. The van der Waals surface area contributed by atoms with Crippen LogP contribution in [0.2, 0.25) is 0 Å². The number of anilines is 2. The molecule has 0 saturated carbocycles. The van der Waals surface area contributed by atoms with Gasteiger partial charge in [-0.15, -0.1) is 0 Å². The Kier molecular flexibility index (Phi) is 6.49. The fourth-order valence-electron chi connectivity index (χ4n) is 4.05. The molecule has 2 aromatic carbocycles. The highest BCUT2D eigenvalue weighted by Crippen LogP contribution is 2.36. The van der Waals surface area contributed by atoms with E-state index < -0.39 is 5.92 Å². The first-order valence-electron chi connectivity index (χ1n) is 10.6. The highest BCUT2D eigenvalue weighted by Gasteiger charge is 2.36. The van der Waals surface area contributed by atoms with E-state index in [1.54, 1.807) is 12.0 Å². The molecule has 1 saturated heterocycles. The van der Waals surface area contributed by atoms with Crippen molar-refractivity contribution in [1.82, 2.24) is 0 Å². The number of hydrogen-bond acceptors (Lipinski definition) is 3. The Labute approximate surface area is 179 Å². The van der Waals surface area contributed by atoms with E-state index in [1.165, 1.54) is 0 Å². The van der Waals surface area contributed by atoms with Gasteiger partial charge < -0.3 is 15.0 Å². The summed E-state index contributed by atoms with van der Waals surface area (Å²) in [6, 6.07) is 11.9. The summed E-state index contributed by atoms with van der Waals surface area (Å²) in [5, 5.41) is 3.17. The van der Waals surface area contributed by atoms with Gasteiger partial charge in [0.2, 0.25) is 11.8 Å². The number of nitrogens with one attached hydrogen (secondary N) is 1. The Morgan fingerprint density at radius 2 is 1.73 bits per heavy atom. The fourth-order valence-corrected chi connectivity index (χ4v) is 4.05. The lowest BCUT2D eigenvalue weighted by molar-refractivity contribution is -0.122. The molecule has 5 heteroatoms. The number of hydrogen-bond donors (Lipinski definition) is 1. The van der Waals surface area contributed by atoms with E-state index >= 15 is 0 Å². The van der Waals surface area contributed by atoms with Crippen molar-refractivity contribution in [3.8, 4) is 5.75 Å². The number of amides is 2. The minimum absolute atomic E-state index is 0.0553. The highest BCUT2D eigenvalue weighted by atomic mass is 16.5. The van der Waals surface area contributed by atoms with Crippen molar-refractivity contribution in [3.63, 3.8) is 0 Å². The van der Waals surface area contributed by atoms with Crippen molar-refractivity contribution in [2.45, 2.75) is 52.9 Å². The summed E-state index contributed by atoms with van der Waals surface area (Å²) >= 11 is 0. The zero-order valence-electron chi connectivity index (χ0n) is 18.8. The average molecular weight is 409 g/mol. The van der Waals surface area contributed by atoms with Crippen molar-refractivity contribution >= 4 is 23.2 Å². The summed E-state index contributed by atoms with van der Waals surface area (Å²) in [6.07, 6.45) is 0.198. The largest absolute Gasteiger partial charge is 0.495 e. The number of carbonyl (C=O) groups excluding carboxylic acids is 2. The number of nitrogens with zero attached hydrogens (tertiary/aromatic N) is 1. The normalized spacial score (nSPS) is 16.5. The molecule has 5 nitrogen and oxygen atoms in total. The average Bonchev–Trinajstić information content (AvgIpc) is 3.09. The first-order valence-corrected chi connectivity index (χ1v) is 10.6. The summed E-state index contributed by atoms with van der Waals surface area (Å²) in [5.74, 6) is 0.660. The number of para-hydroxylation sites is 1. The van der Waals surface area contributed by atoms with Gasteiger partial charge in [0.05, 0.1) is 18.7 Å². The van der Waals surface area contributed by atoms with Crippen LogP contribution in [0.25, 0.3) is 0 Å². The van der Waals surface area contributed by atoms with Crippen LogP contribution in [0, 0.1) is 12.8 Å². The predicted molar refractivity (Wildman–Crippen MR) is 121 cm³/mol. The lowest BCUT2D eigenvalue weighted by atomic mass is 9.92. The van der Waals surface area contributed by atoms with Crippen LogP contribution in [0.15, 0.2) is 36.4 Å². The third-order valence-electron chi connectivity index (χ3n) is 5.74. The number of aryl methyl sites for hydroxylation is 1. The molecule has 0 radical (unpaired) electrons. The Morgan fingerprint density at radius 3 is 2.30 bits per heavy atom. The summed E-state index contributed by atoms with van der Waals surface area (Å²) in [4.78, 5) is 27.6. The molecule has 1 fully saturated rings. The van der Waals surface area contributed by atoms with E-state index in [0.29, 0.717) is 12.3 Å². The maximum Gasteiger partial charge on any atom is 0.229 e. The van der Waals surface area contributed by atoms with Gasteiger partial charge in [-0.25, -0.2) is 0 Å². The van der Waals surface area contributed by atoms with Crippen LogP contribution in [-0.2, 0) is 9.59 Å². The molecule has 0 aromatic heterocycles. The smallest absolute Gasteiger partial charge is 0.229 e. The number of rotatable bonds is 6. The lowest BCUT2D eigenvalue weighted by Gasteiger charge is -2.22. The van der Waals surface area contributed by atoms with Gasteiger partial charge in [-0.3, -0.25) is 9.59 Å². The van der Waals surface area contributed by atoms with Gasteiger partial charge >= 0.3 is 0 Å². The first-order chi connectivity index (χ1) is 14.2. The van der Waals surface area contributed by atoms with Crippen molar-refractivity contribution in [1.29, 1.82) is 0 Å². The summed E-state index contributed by atoms with van der Waals surface area (Å²) in [7, 11) is 1.59.